The molecular formula is C16H15NO3. The molecule has 1 aromatic heterocycles. The highest BCUT2D eigenvalue weighted by molar-refractivity contribution is 5.64. The summed E-state index contributed by atoms with van der Waals surface area (Å²) in [5.41, 5.74) is 2.96. The molecule has 1 aromatic carbocycles. The number of benzene rings is 1. The van der Waals surface area contributed by atoms with Gasteiger partial charge in [-0.3, -0.25) is 0 Å². The number of phenols is 1. The Morgan fingerprint density at radius 2 is 1.60 bits per heavy atom. The van der Waals surface area contributed by atoms with E-state index < -0.39 is 0 Å². The number of allylic oxidation sites excluding steroid dienone is 2. The van der Waals surface area contributed by atoms with Crippen molar-refractivity contribution >= 4 is 0 Å². The third kappa shape index (κ3) is 1.26. The fourth-order valence-corrected chi connectivity index (χ4v) is 3.48. The fourth-order valence-electron chi connectivity index (χ4n) is 3.48. The van der Waals surface area contributed by atoms with Gasteiger partial charge in [-0.2, -0.15) is 0 Å². The predicted octanol–water partition coefficient (Wildman–Crippen LogP) is 3.04. The van der Waals surface area contributed by atoms with Crippen LogP contribution in [0.1, 0.15) is 34.9 Å². The number of aromatic nitrogens is 1. The summed E-state index contributed by atoms with van der Waals surface area (Å²) in [5.74, 6) is 0.462. The fraction of sp³-hybridized carbons (Fsp3) is 0.250. The Morgan fingerprint density at radius 1 is 1.00 bits per heavy atom. The molecule has 20 heavy (non-hydrogen) atoms. The molecule has 2 aliphatic rings. The Labute approximate surface area is 116 Å². The Hall–Kier alpha value is -2.36. The van der Waals surface area contributed by atoms with Gasteiger partial charge in [0, 0.05) is 23.0 Å². The van der Waals surface area contributed by atoms with E-state index in [9.17, 15) is 15.3 Å². The van der Waals surface area contributed by atoms with E-state index in [4.69, 9.17) is 0 Å². The first-order valence-electron chi connectivity index (χ1n) is 6.72. The molecule has 0 fully saturated rings. The number of aryl methyl sites for hydroxylation is 1. The van der Waals surface area contributed by atoms with Crippen molar-refractivity contribution in [3.8, 4) is 23.2 Å². The molecule has 1 heterocycles. The summed E-state index contributed by atoms with van der Waals surface area (Å²) < 4.78 is 1.35. The van der Waals surface area contributed by atoms with Crippen molar-refractivity contribution in [1.82, 2.24) is 4.57 Å². The second kappa shape index (κ2) is 3.60. The van der Waals surface area contributed by atoms with Crippen LogP contribution in [-0.2, 0) is 0 Å². The molecule has 4 rings (SSSR count). The molecule has 3 N–H and O–H groups in total. The number of hydrogen-bond donors (Lipinski definition) is 3. The molecule has 4 nitrogen and oxygen atoms in total. The van der Waals surface area contributed by atoms with Crippen molar-refractivity contribution in [1.29, 1.82) is 0 Å². The zero-order chi connectivity index (χ0) is 14.0. The third-order valence-electron chi connectivity index (χ3n) is 4.39. The monoisotopic (exact) mass is 269 g/mol. The van der Waals surface area contributed by atoms with Crippen molar-refractivity contribution in [2.75, 3.05) is 0 Å². The lowest BCUT2D eigenvalue weighted by Crippen LogP contribution is -1.96. The first-order valence-corrected chi connectivity index (χ1v) is 6.72. The minimum Gasteiger partial charge on any atom is -0.506 e. The van der Waals surface area contributed by atoms with E-state index in [0.717, 1.165) is 23.1 Å². The molecule has 2 aliphatic carbocycles. The van der Waals surface area contributed by atoms with Gasteiger partial charge in [0.05, 0.1) is 5.69 Å². The van der Waals surface area contributed by atoms with E-state index in [1.807, 2.05) is 6.92 Å². The molecule has 102 valence electrons. The average molecular weight is 269 g/mol. The number of hydrogen-bond acceptors (Lipinski definition) is 3. The number of rotatable bonds is 1. The Bertz CT molecular complexity index is 722. The van der Waals surface area contributed by atoms with Crippen LogP contribution < -0.4 is 0 Å². The average Bonchev–Trinajstić information content (AvgIpc) is 3.08. The van der Waals surface area contributed by atoms with E-state index in [1.54, 1.807) is 18.2 Å². The van der Waals surface area contributed by atoms with Crippen LogP contribution in [0.2, 0.25) is 0 Å². The van der Waals surface area contributed by atoms with Gasteiger partial charge in [-0.25, -0.2) is 4.57 Å². The van der Waals surface area contributed by atoms with Crippen molar-refractivity contribution < 1.29 is 15.3 Å². The lowest BCUT2D eigenvalue weighted by Gasteiger charge is -2.12. The largest absolute Gasteiger partial charge is 0.506 e. The summed E-state index contributed by atoms with van der Waals surface area (Å²) in [6, 6.07) is 5.11. The summed E-state index contributed by atoms with van der Waals surface area (Å²) in [6.45, 7) is 1.90. The summed E-state index contributed by atoms with van der Waals surface area (Å²) in [6.07, 6.45) is 5.08. The van der Waals surface area contributed by atoms with E-state index in [1.165, 1.54) is 4.57 Å². The molecule has 4 heteroatoms. The van der Waals surface area contributed by atoms with Crippen LogP contribution >= 0.6 is 0 Å². The number of fused-ring (bicyclic) bond motifs is 5. The van der Waals surface area contributed by atoms with Crippen molar-refractivity contribution in [2.45, 2.75) is 25.2 Å². The van der Waals surface area contributed by atoms with Gasteiger partial charge in [0.25, 0.3) is 0 Å². The second-order valence-corrected chi connectivity index (χ2v) is 5.64. The molecule has 0 saturated carbocycles. The number of aromatic hydroxyl groups is 3. The Kier molecular flexibility index (Phi) is 2.06. The lowest BCUT2D eigenvalue weighted by atomic mass is 10.0. The molecule has 2 bridgehead atoms. The van der Waals surface area contributed by atoms with E-state index in [0.29, 0.717) is 5.69 Å². The van der Waals surface area contributed by atoms with Gasteiger partial charge in [-0.1, -0.05) is 18.2 Å². The zero-order valence-corrected chi connectivity index (χ0v) is 11.0. The van der Waals surface area contributed by atoms with Gasteiger partial charge in [0.2, 0.25) is 11.8 Å². The maximum Gasteiger partial charge on any atom is 0.202 e. The standard InChI is InChI=1S/C16H15NO3/c1-8-2-5-12(18)11(6-8)17-15(19)13-9-3-4-10(7-9)14(13)16(17)20/h2-6,9-10,18-20H,7H2,1H3. The maximum absolute atomic E-state index is 10.5. The van der Waals surface area contributed by atoms with Crippen molar-refractivity contribution in [3.63, 3.8) is 0 Å². The van der Waals surface area contributed by atoms with E-state index in [-0.39, 0.29) is 29.3 Å². The quantitative estimate of drug-likeness (QED) is 0.697. The first kappa shape index (κ1) is 11.5. The van der Waals surface area contributed by atoms with Gasteiger partial charge < -0.3 is 15.3 Å². The van der Waals surface area contributed by atoms with Gasteiger partial charge in [0.1, 0.15) is 5.75 Å². The topological polar surface area (TPSA) is 65.6 Å². The minimum atomic E-state index is 0.0372. The summed E-state index contributed by atoms with van der Waals surface area (Å²) in [5, 5.41) is 31.0. The Balaban J connectivity index is 2.00. The highest BCUT2D eigenvalue weighted by Crippen LogP contribution is 2.57. The number of nitrogens with zero attached hydrogens (tertiary/aromatic N) is 1. The van der Waals surface area contributed by atoms with E-state index in [2.05, 4.69) is 12.2 Å². The highest BCUT2D eigenvalue weighted by Gasteiger charge is 2.41. The third-order valence-corrected chi connectivity index (χ3v) is 4.39. The molecular weight excluding hydrogens is 254 g/mol. The van der Waals surface area contributed by atoms with Crippen molar-refractivity contribution in [2.24, 2.45) is 0 Å². The van der Waals surface area contributed by atoms with Crippen LogP contribution in [0.4, 0.5) is 0 Å². The molecule has 2 atom stereocenters. The van der Waals surface area contributed by atoms with Crippen LogP contribution in [0.3, 0.4) is 0 Å². The highest BCUT2D eigenvalue weighted by atomic mass is 16.3. The smallest absolute Gasteiger partial charge is 0.202 e. The van der Waals surface area contributed by atoms with Crippen molar-refractivity contribution in [3.05, 3.63) is 47.0 Å². The zero-order valence-electron chi connectivity index (χ0n) is 11.0. The maximum atomic E-state index is 10.5. The summed E-state index contributed by atoms with van der Waals surface area (Å²) in [7, 11) is 0. The van der Waals surface area contributed by atoms with Gasteiger partial charge in [-0.05, 0) is 31.0 Å². The molecule has 0 aliphatic heterocycles. The molecule has 2 unspecified atom stereocenters. The normalized spacial score (nSPS) is 22.4. The summed E-state index contributed by atoms with van der Waals surface area (Å²) in [4.78, 5) is 0. The number of phenolic OH excluding ortho intramolecular Hbond substituents is 1. The van der Waals surface area contributed by atoms with Crippen LogP contribution in [0.5, 0.6) is 17.5 Å². The second-order valence-electron chi connectivity index (χ2n) is 5.64. The minimum absolute atomic E-state index is 0.0372. The molecule has 2 aromatic rings. The van der Waals surface area contributed by atoms with Gasteiger partial charge >= 0.3 is 0 Å². The molecule has 0 amide bonds. The predicted molar refractivity (Wildman–Crippen MR) is 74.7 cm³/mol. The van der Waals surface area contributed by atoms with Crippen LogP contribution in [0.25, 0.3) is 5.69 Å². The van der Waals surface area contributed by atoms with Gasteiger partial charge in [-0.15, -0.1) is 0 Å². The van der Waals surface area contributed by atoms with E-state index >= 15 is 0 Å². The lowest BCUT2D eigenvalue weighted by molar-refractivity contribution is 0.389. The van der Waals surface area contributed by atoms with Gasteiger partial charge in [0.15, 0.2) is 0 Å². The summed E-state index contributed by atoms with van der Waals surface area (Å²) >= 11 is 0. The van der Waals surface area contributed by atoms with Crippen LogP contribution in [0.15, 0.2) is 30.4 Å². The van der Waals surface area contributed by atoms with Crippen LogP contribution in [-0.4, -0.2) is 19.9 Å². The molecule has 0 saturated heterocycles. The molecule has 0 radical (unpaired) electrons. The van der Waals surface area contributed by atoms with Crippen LogP contribution in [0, 0.1) is 6.92 Å². The molecule has 0 spiro atoms. The Morgan fingerprint density at radius 3 is 2.20 bits per heavy atom. The first-order chi connectivity index (χ1) is 9.58. The SMILES string of the molecule is Cc1ccc(O)c(-n2c(O)c3c(c2O)C2C=CC3C2)c1.